The number of rotatable bonds is 3. The lowest BCUT2D eigenvalue weighted by atomic mass is 10.2. The first-order valence-electron chi connectivity index (χ1n) is 5.55. The van der Waals surface area contributed by atoms with E-state index in [1.165, 1.54) is 12.3 Å². The zero-order chi connectivity index (χ0) is 14.0. The second-order valence-electron chi connectivity index (χ2n) is 4.11. The number of halogens is 1. The molecule has 5 nitrogen and oxygen atoms in total. The van der Waals surface area contributed by atoms with Crippen LogP contribution in [-0.4, -0.2) is 27.8 Å². The Balaban J connectivity index is 2.16. The van der Waals surface area contributed by atoms with Gasteiger partial charge in [-0.05, 0) is 13.0 Å². The van der Waals surface area contributed by atoms with E-state index in [4.69, 9.17) is 17.3 Å². The van der Waals surface area contributed by atoms with Crippen LogP contribution in [0.3, 0.4) is 0 Å². The number of hydrogen-bond acceptors (Lipinski definition) is 5. The molecule has 0 aliphatic carbocycles. The summed E-state index contributed by atoms with van der Waals surface area (Å²) in [6.07, 6.45) is 1.38. The van der Waals surface area contributed by atoms with Crippen molar-refractivity contribution in [2.24, 2.45) is 0 Å². The maximum atomic E-state index is 12.3. The molecule has 2 heterocycles. The van der Waals surface area contributed by atoms with Crippen LogP contribution < -0.4 is 5.73 Å². The van der Waals surface area contributed by atoms with Crippen molar-refractivity contribution in [3.8, 4) is 0 Å². The molecule has 0 aromatic carbocycles. The molecule has 19 heavy (non-hydrogen) atoms. The van der Waals surface area contributed by atoms with Gasteiger partial charge in [0.05, 0.1) is 27.8 Å². The summed E-state index contributed by atoms with van der Waals surface area (Å²) in [5.41, 5.74) is 6.78. The van der Waals surface area contributed by atoms with E-state index in [-0.39, 0.29) is 11.7 Å². The molecule has 0 fully saturated rings. The molecule has 0 bridgehead atoms. The largest absolute Gasteiger partial charge is 0.384 e. The number of aryl methyl sites for hydroxylation is 1. The zero-order valence-electron chi connectivity index (χ0n) is 10.6. The van der Waals surface area contributed by atoms with Gasteiger partial charge in [0.15, 0.2) is 0 Å². The van der Waals surface area contributed by atoms with Crippen molar-refractivity contribution in [3.63, 3.8) is 0 Å². The minimum atomic E-state index is -0.204. The number of aromatic nitrogens is 2. The van der Waals surface area contributed by atoms with Crippen LogP contribution in [0.25, 0.3) is 0 Å². The van der Waals surface area contributed by atoms with E-state index >= 15 is 0 Å². The van der Waals surface area contributed by atoms with Gasteiger partial charge >= 0.3 is 0 Å². The number of nitrogens with two attached hydrogens (primary N) is 1. The van der Waals surface area contributed by atoms with Gasteiger partial charge in [-0.2, -0.15) is 0 Å². The highest BCUT2D eigenvalue weighted by molar-refractivity contribution is 7.09. The standard InChI is InChI=1S/C12H13ClN4OS/c1-7-16-8(6-19-7)5-17(2)12(18)9-3-11(14)15-4-10(9)13/h3-4,6H,5H2,1-2H3,(H2,14,15). The Morgan fingerprint density at radius 1 is 1.58 bits per heavy atom. The van der Waals surface area contributed by atoms with Gasteiger partial charge < -0.3 is 10.6 Å². The van der Waals surface area contributed by atoms with Crippen molar-refractivity contribution >= 4 is 34.7 Å². The van der Waals surface area contributed by atoms with E-state index < -0.39 is 0 Å². The quantitative estimate of drug-likeness (QED) is 0.943. The molecule has 2 N–H and O–H groups in total. The van der Waals surface area contributed by atoms with E-state index in [0.717, 1.165) is 10.7 Å². The van der Waals surface area contributed by atoms with E-state index in [9.17, 15) is 4.79 Å². The summed E-state index contributed by atoms with van der Waals surface area (Å²) in [7, 11) is 1.70. The molecule has 0 radical (unpaired) electrons. The Hall–Kier alpha value is -1.66. The molecule has 0 aliphatic heterocycles. The second kappa shape index (κ2) is 5.54. The second-order valence-corrected chi connectivity index (χ2v) is 5.58. The first-order valence-corrected chi connectivity index (χ1v) is 6.80. The fourth-order valence-corrected chi connectivity index (χ4v) is 2.41. The van der Waals surface area contributed by atoms with E-state index in [0.29, 0.717) is 17.1 Å². The van der Waals surface area contributed by atoms with E-state index in [1.807, 2.05) is 12.3 Å². The number of pyridine rings is 1. The molecule has 0 saturated carbocycles. The van der Waals surface area contributed by atoms with Crippen LogP contribution in [0, 0.1) is 6.92 Å². The van der Waals surface area contributed by atoms with Crippen LogP contribution in [0.4, 0.5) is 5.82 Å². The fraction of sp³-hybridized carbons (Fsp3) is 0.250. The third kappa shape index (κ3) is 3.21. The smallest absolute Gasteiger partial charge is 0.255 e. The van der Waals surface area contributed by atoms with Gasteiger partial charge in [0.2, 0.25) is 0 Å². The van der Waals surface area contributed by atoms with Gasteiger partial charge in [0.25, 0.3) is 5.91 Å². The van der Waals surface area contributed by atoms with Gasteiger partial charge in [-0.25, -0.2) is 9.97 Å². The fourth-order valence-electron chi connectivity index (χ4n) is 1.62. The van der Waals surface area contributed by atoms with Gasteiger partial charge in [0, 0.05) is 18.6 Å². The normalized spacial score (nSPS) is 10.5. The predicted molar refractivity (Wildman–Crippen MR) is 76.3 cm³/mol. The molecule has 1 amide bonds. The topological polar surface area (TPSA) is 72.1 Å². The summed E-state index contributed by atoms with van der Waals surface area (Å²) in [5, 5.41) is 3.20. The van der Waals surface area contributed by atoms with Gasteiger partial charge in [0.1, 0.15) is 5.82 Å². The average molecular weight is 297 g/mol. The Bertz CT molecular complexity index is 614. The van der Waals surface area contributed by atoms with Crippen LogP contribution in [0.5, 0.6) is 0 Å². The van der Waals surface area contributed by atoms with Crippen molar-refractivity contribution in [3.05, 3.63) is 38.9 Å². The van der Waals surface area contributed by atoms with Crippen molar-refractivity contribution < 1.29 is 4.79 Å². The molecule has 100 valence electrons. The summed E-state index contributed by atoms with van der Waals surface area (Å²) in [6.45, 7) is 2.36. The zero-order valence-corrected chi connectivity index (χ0v) is 12.1. The number of amides is 1. The lowest BCUT2D eigenvalue weighted by Crippen LogP contribution is -2.26. The summed E-state index contributed by atoms with van der Waals surface area (Å²) >= 11 is 7.52. The Morgan fingerprint density at radius 2 is 2.32 bits per heavy atom. The Kier molecular flexibility index (Phi) is 4.01. The minimum Gasteiger partial charge on any atom is -0.384 e. The van der Waals surface area contributed by atoms with E-state index in [1.54, 1.807) is 23.3 Å². The van der Waals surface area contributed by atoms with Gasteiger partial charge in [-0.15, -0.1) is 11.3 Å². The van der Waals surface area contributed by atoms with Gasteiger partial charge in [-0.1, -0.05) is 11.6 Å². The number of anilines is 1. The van der Waals surface area contributed by atoms with Crippen LogP contribution in [0.2, 0.25) is 5.02 Å². The molecule has 7 heteroatoms. The Morgan fingerprint density at radius 3 is 2.95 bits per heavy atom. The molecular formula is C12H13ClN4OS. The van der Waals surface area contributed by atoms with Crippen molar-refractivity contribution in [2.45, 2.75) is 13.5 Å². The SMILES string of the molecule is Cc1nc(CN(C)C(=O)c2cc(N)ncc2Cl)cs1. The summed E-state index contributed by atoms with van der Waals surface area (Å²) in [4.78, 5) is 22.0. The molecule has 2 aromatic rings. The molecule has 0 unspecified atom stereocenters. The van der Waals surface area contributed by atoms with Crippen LogP contribution in [0.1, 0.15) is 21.1 Å². The number of nitrogens with zero attached hydrogens (tertiary/aromatic N) is 3. The first-order chi connectivity index (χ1) is 8.97. The van der Waals surface area contributed by atoms with Gasteiger partial charge in [-0.3, -0.25) is 4.79 Å². The average Bonchev–Trinajstić information content (AvgIpc) is 2.77. The maximum absolute atomic E-state index is 12.3. The minimum absolute atomic E-state index is 0.204. The third-order valence-corrected chi connectivity index (χ3v) is 3.64. The third-order valence-electron chi connectivity index (χ3n) is 2.52. The summed E-state index contributed by atoms with van der Waals surface area (Å²) < 4.78 is 0. The summed E-state index contributed by atoms with van der Waals surface area (Å²) in [6, 6.07) is 1.48. The number of carbonyl (C=O) groups is 1. The van der Waals surface area contributed by atoms with Crippen molar-refractivity contribution in [1.82, 2.24) is 14.9 Å². The number of nitrogen functional groups attached to an aromatic ring is 1. The highest BCUT2D eigenvalue weighted by atomic mass is 35.5. The van der Waals surface area contributed by atoms with Crippen LogP contribution >= 0.6 is 22.9 Å². The molecule has 2 aromatic heterocycles. The Labute approximate surface area is 120 Å². The molecule has 0 aliphatic rings. The van der Waals surface area contributed by atoms with Crippen molar-refractivity contribution in [1.29, 1.82) is 0 Å². The van der Waals surface area contributed by atoms with Crippen LogP contribution in [-0.2, 0) is 6.54 Å². The molecule has 0 saturated heterocycles. The monoisotopic (exact) mass is 296 g/mol. The van der Waals surface area contributed by atoms with Crippen molar-refractivity contribution in [2.75, 3.05) is 12.8 Å². The number of thiazole rings is 1. The molecule has 0 atom stereocenters. The predicted octanol–water partition coefficient (Wildman–Crippen LogP) is 2.35. The summed E-state index contributed by atoms with van der Waals surface area (Å²) in [5.74, 6) is 0.0652. The lowest BCUT2D eigenvalue weighted by Gasteiger charge is -2.16. The molecular weight excluding hydrogens is 284 g/mol. The van der Waals surface area contributed by atoms with Crippen LogP contribution in [0.15, 0.2) is 17.6 Å². The number of hydrogen-bond donors (Lipinski definition) is 1. The van der Waals surface area contributed by atoms with E-state index in [2.05, 4.69) is 9.97 Å². The molecule has 0 spiro atoms. The lowest BCUT2D eigenvalue weighted by molar-refractivity contribution is 0.0783. The highest BCUT2D eigenvalue weighted by Gasteiger charge is 2.17. The highest BCUT2D eigenvalue weighted by Crippen LogP contribution is 2.19. The number of carbonyl (C=O) groups excluding carboxylic acids is 1. The first kappa shape index (κ1) is 13.8. The molecule has 2 rings (SSSR count). The maximum Gasteiger partial charge on any atom is 0.255 e.